The van der Waals surface area contributed by atoms with E-state index in [1.165, 1.54) is 6.08 Å². The van der Waals surface area contributed by atoms with Crippen molar-refractivity contribution in [1.29, 1.82) is 0 Å². The molecule has 6 aliphatic rings. The Hall–Kier alpha value is -3.22. The number of hydrogen-bond acceptors (Lipinski definition) is 10. The van der Waals surface area contributed by atoms with Gasteiger partial charge in [0.2, 0.25) is 0 Å². The molecular formula is C37H42O10. The number of aliphatic hydroxyl groups is 3. The van der Waals surface area contributed by atoms with Gasteiger partial charge >= 0.3 is 11.9 Å². The molecule has 3 heterocycles. The van der Waals surface area contributed by atoms with Crippen molar-refractivity contribution in [1.82, 2.24) is 0 Å². The van der Waals surface area contributed by atoms with Crippen molar-refractivity contribution >= 4 is 11.8 Å². The maximum absolute atomic E-state index is 13.8. The summed E-state index contributed by atoms with van der Waals surface area (Å²) in [5, 5.41) is 34.9. The Labute approximate surface area is 274 Å². The lowest BCUT2D eigenvalue weighted by atomic mass is 9.53. The van der Waals surface area contributed by atoms with Crippen molar-refractivity contribution in [2.45, 2.75) is 93.3 Å². The van der Waals surface area contributed by atoms with Gasteiger partial charge in [-0.3, -0.25) is 4.79 Å². The van der Waals surface area contributed by atoms with Crippen LogP contribution in [0.5, 0.6) is 0 Å². The van der Waals surface area contributed by atoms with Crippen LogP contribution in [0.4, 0.5) is 0 Å². The van der Waals surface area contributed by atoms with Crippen molar-refractivity contribution in [3.63, 3.8) is 0 Å². The van der Waals surface area contributed by atoms with Gasteiger partial charge in [-0.05, 0) is 31.4 Å². The Kier molecular flexibility index (Phi) is 7.50. The van der Waals surface area contributed by atoms with Crippen LogP contribution >= 0.6 is 0 Å². The second-order valence-electron chi connectivity index (χ2n) is 13.8. The van der Waals surface area contributed by atoms with E-state index in [9.17, 15) is 24.9 Å². The number of epoxide rings is 1. The Morgan fingerprint density at radius 2 is 1.81 bits per heavy atom. The summed E-state index contributed by atoms with van der Waals surface area (Å²) < 4.78 is 33.3. The first kappa shape index (κ1) is 32.3. The molecule has 250 valence electrons. The third kappa shape index (κ3) is 4.04. The van der Waals surface area contributed by atoms with E-state index in [1.54, 1.807) is 56.3 Å². The molecule has 1 aromatic rings. The average molecular weight is 647 g/mol. The number of hydrogen-bond donors (Lipinski definition) is 3. The zero-order valence-corrected chi connectivity index (χ0v) is 27.0. The number of carbonyl (C=O) groups excluding carboxylic acids is 2. The summed E-state index contributed by atoms with van der Waals surface area (Å²) in [4.78, 5) is 27.4. The normalized spacial score (nSPS) is 46.0. The van der Waals surface area contributed by atoms with Gasteiger partial charge in [0.05, 0.1) is 12.2 Å². The fraction of sp³-hybridized carbons (Fsp3) is 0.514. The highest BCUT2D eigenvalue weighted by Crippen LogP contribution is 2.74. The van der Waals surface area contributed by atoms with Crippen molar-refractivity contribution < 1.29 is 48.6 Å². The molecule has 2 saturated carbocycles. The number of Topliss-reactive ketones (excluding diaryl/α,β-unsaturated/α-hetero) is 1. The summed E-state index contributed by atoms with van der Waals surface area (Å²) in [7, 11) is 0. The largest absolute Gasteiger partial charge is 0.455 e. The number of rotatable bonds is 9. The van der Waals surface area contributed by atoms with E-state index in [2.05, 4.69) is 13.5 Å². The van der Waals surface area contributed by atoms with E-state index >= 15 is 0 Å². The Morgan fingerprint density at radius 3 is 2.49 bits per heavy atom. The van der Waals surface area contributed by atoms with Crippen molar-refractivity contribution in [2.24, 2.45) is 17.8 Å². The standard InChI is InChI=1S/C37H42O10/c1-6-7-8-9-10-11-15-18-26(39)43-29-23(5)36-25-19-22(4)28(40)34(25,42)32(41)33(20-38)30(44-33)27(36)31-35(29,21(2)3)46-37(45-31,47-36)24-16-13-12-14-17-24/h8-19,23,25,27,29-32,38,41-42H,2,6-7,20H2,1,3-5H3/b9-8+,11-10+,18-15-/t23-,25-,27+,29-,30+,31?,32-,33+,34-,35?,36?,37?/m1/s1. The number of esters is 1. The smallest absolute Gasteiger partial charge is 0.331 e. The molecule has 0 aromatic heterocycles. The quantitative estimate of drug-likeness (QED) is 0.120. The second-order valence-corrected chi connectivity index (χ2v) is 13.8. The maximum atomic E-state index is 13.8. The molecule has 7 rings (SSSR count). The number of ketones is 1. The van der Waals surface area contributed by atoms with Gasteiger partial charge in [0.25, 0.3) is 0 Å². The Morgan fingerprint density at radius 1 is 1.09 bits per heavy atom. The molecule has 1 aromatic carbocycles. The summed E-state index contributed by atoms with van der Waals surface area (Å²) in [6.45, 7) is 10.9. The topological polar surface area (TPSA) is 144 Å². The van der Waals surface area contributed by atoms with Crippen molar-refractivity contribution in [2.75, 3.05) is 6.61 Å². The summed E-state index contributed by atoms with van der Waals surface area (Å²) in [6, 6.07) is 9.01. The van der Waals surface area contributed by atoms with Gasteiger partial charge in [-0.25, -0.2) is 4.79 Å². The highest BCUT2D eigenvalue weighted by molar-refractivity contribution is 6.05. The fourth-order valence-electron chi connectivity index (χ4n) is 9.08. The van der Waals surface area contributed by atoms with Gasteiger partial charge in [-0.15, -0.1) is 0 Å². The first-order chi connectivity index (χ1) is 22.4. The van der Waals surface area contributed by atoms with Crippen LogP contribution in [0.25, 0.3) is 0 Å². The van der Waals surface area contributed by atoms with E-state index in [0.717, 1.165) is 12.8 Å². The summed E-state index contributed by atoms with van der Waals surface area (Å²) >= 11 is 0. The number of benzene rings is 1. The minimum atomic E-state index is -2.42. The van der Waals surface area contributed by atoms with Gasteiger partial charge in [-0.1, -0.05) is 93.6 Å². The number of aliphatic hydroxyl groups excluding tert-OH is 2. The van der Waals surface area contributed by atoms with Gasteiger partial charge in [-0.2, -0.15) is 0 Å². The van der Waals surface area contributed by atoms with Gasteiger partial charge in [0.15, 0.2) is 17.0 Å². The summed E-state index contributed by atoms with van der Waals surface area (Å²) in [6.07, 6.45) is 9.29. The van der Waals surface area contributed by atoms with Crippen molar-refractivity contribution in [3.8, 4) is 0 Å². The molecular weight excluding hydrogens is 604 g/mol. The van der Waals surface area contributed by atoms with Crippen LogP contribution in [-0.2, 0) is 39.2 Å². The molecule has 5 fully saturated rings. The zero-order chi connectivity index (χ0) is 33.6. The molecule has 3 bridgehead atoms. The van der Waals surface area contributed by atoms with E-state index in [1.807, 2.05) is 31.2 Å². The zero-order valence-electron chi connectivity index (χ0n) is 27.0. The van der Waals surface area contributed by atoms with Crippen LogP contribution in [0.1, 0.15) is 46.1 Å². The monoisotopic (exact) mass is 646 g/mol. The lowest BCUT2D eigenvalue weighted by Gasteiger charge is -2.61. The molecule has 0 radical (unpaired) electrons. The molecule has 3 aliphatic carbocycles. The predicted octanol–water partition coefficient (Wildman–Crippen LogP) is 3.32. The van der Waals surface area contributed by atoms with Crippen LogP contribution < -0.4 is 0 Å². The van der Waals surface area contributed by atoms with Gasteiger partial charge in [0.1, 0.15) is 30.0 Å². The van der Waals surface area contributed by atoms with E-state index in [4.69, 9.17) is 23.7 Å². The fourth-order valence-corrected chi connectivity index (χ4v) is 9.08. The molecule has 0 spiro atoms. The maximum Gasteiger partial charge on any atom is 0.331 e. The van der Waals surface area contributed by atoms with Crippen molar-refractivity contribution in [3.05, 3.63) is 96.2 Å². The predicted molar refractivity (Wildman–Crippen MR) is 168 cm³/mol. The van der Waals surface area contributed by atoms with Crippen LogP contribution in [0.2, 0.25) is 0 Å². The molecule has 12 atom stereocenters. The number of unbranched alkanes of at least 4 members (excludes halogenated alkanes) is 1. The molecule has 3 saturated heterocycles. The lowest BCUT2D eigenvalue weighted by molar-refractivity contribution is -0.440. The van der Waals surface area contributed by atoms with Gasteiger partial charge in [0, 0.05) is 29.4 Å². The van der Waals surface area contributed by atoms with Gasteiger partial charge < -0.3 is 39.0 Å². The Balaban J connectivity index is 1.40. The summed E-state index contributed by atoms with van der Waals surface area (Å²) in [5.74, 6) is -5.92. The van der Waals surface area contributed by atoms with E-state index in [-0.39, 0.29) is 5.57 Å². The SMILES string of the molecule is C=C(C)C12OC3(c4ccccc4)OC1[C@@H]1[C@@H]4O[C@]4(CO)[C@@H](O)[C@]4(O)C(=O)C(C)=C[C@H]4C1(O3)[C@H](C)[C@H]2OC(=O)\C=C/C=C/C=C/CCC. The highest BCUT2D eigenvalue weighted by Gasteiger charge is 2.90. The van der Waals surface area contributed by atoms with E-state index < -0.39 is 88.9 Å². The minimum Gasteiger partial charge on any atom is -0.455 e. The molecule has 10 nitrogen and oxygen atoms in total. The first-order valence-electron chi connectivity index (χ1n) is 16.3. The number of carbonyl (C=O) groups is 2. The molecule has 4 unspecified atom stereocenters. The first-order valence-corrected chi connectivity index (χ1v) is 16.3. The third-order valence-corrected chi connectivity index (χ3v) is 11.3. The van der Waals surface area contributed by atoms with Crippen LogP contribution in [0.3, 0.4) is 0 Å². The molecule has 3 aliphatic heterocycles. The number of ether oxygens (including phenoxy) is 5. The van der Waals surface area contributed by atoms with E-state index in [0.29, 0.717) is 11.1 Å². The molecule has 47 heavy (non-hydrogen) atoms. The number of fused-ring (bicyclic) bond motifs is 3. The van der Waals surface area contributed by atoms with Crippen LogP contribution in [0, 0.1) is 17.8 Å². The lowest BCUT2D eigenvalue weighted by Crippen LogP contribution is -2.76. The Bertz CT molecular complexity index is 1610. The minimum absolute atomic E-state index is 0.231. The third-order valence-electron chi connectivity index (χ3n) is 11.3. The molecule has 0 amide bonds. The molecule has 3 N–H and O–H groups in total. The molecule has 10 heteroatoms. The average Bonchev–Trinajstić information content (AvgIpc) is 3.68. The number of allylic oxidation sites excluding steroid dienone is 5. The highest BCUT2D eigenvalue weighted by atomic mass is 16.9. The summed E-state index contributed by atoms with van der Waals surface area (Å²) in [5.41, 5.74) is -5.90. The van der Waals surface area contributed by atoms with Crippen LogP contribution in [0.15, 0.2) is 90.6 Å². The van der Waals surface area contributed by atoms with Crippen LogP contribution in [-0.4, -0.2) is 80.5 Å². The second kappa shape index (κ2) is 10.9.